The summed E-state index contributed by atoms with van der Waals surface area (Å²) < 4.78 is 5.43. The van der Waals surface area contributed by atoms with Gasteiger partial charge in [0, 0.05) is 24.4 Å². The van der Waals surface area contributed by atoms with Gasteiger partial charge in [0.15, 0.2) is 0 Å². The molecule has 0 atom stereocenters. The highest BCUT2D eigenvalue weighted by Gasteiger charge is 2.22. The number of nitrogens with one attached hydrogen (secondary N) is 1. The first-order valence-electron chi connectivity index (χ1n) is 9.16. The average molecular weight is 399 g/mol. The van der Waals surface area contributed by atoms with Crippen LogP contribution in [0.2, 0.25) is 0 Å². The fourth-order valence-corrected chi connectivity index (χ4v) is 2.72. The molecule has 0 fully saturated rings. The lowest BCUT2D eigenvalue weighted by molar-refractivity contribution is -0.383. The predicted molar refractivity (Wildman–Crippen MR) is 112 cm³/mol. The number of aldehydes is 1. The summed E-state index contributed by atoms with van der Waals surface area (Å²) in [5.41, 5.74) is 1.75. The predicted octanol–water partition coefficient (Wildman–Crippen LogP) is 5.08. The van der Waals surface area contributed by atoms with Gasteiger partial charge in [-0.15, -0.1) is 0 Å². The maximum absolute atomic E-state index is 12.5. The van der Waals surface area contributed by atoms with Gasteiger partial charge in [-0.05, 0) is 57.0 Å². The van der Waals surface area contributed by atoms with Gasteiger partial charge in [0.2, 0.25) is 0 Å². The van der Waals surface area contributed by atoms with E-state index in [9.17, 15) is 19.7 Å². The monoisotopic (exact) mass is 399 g/mol. The number of carbonyl (C=O) groups is 2. The second-order valence-electron chi connectivity index (χ2n) is 7.51. The average Bonchev–Trinajstić information content (AvgIpc) is 2.66. The lowest BCUT2D eigenvalue weighted by Crippen LogP contribution is -2.34. The van der Waals surface area contributed by atoms with Crippen molar-refractivity contribution in [3.63, 3.8) is 0 Å². The molecule has 0 saturated heterocycles. The van der Waals surface area contributed by atoms with Crippen LogP contribution in [0.25, 0.3) is 0 Å². The SMILES string of the molecule is CCc1ccc(Nc2ccc(C=O)cc2[N+](=O)[O-])cc1N(C)C(=O)OC(C)(C)C. The third kappa shape index (κ3) is 5.54. The first-order chi connectivity index (χ1) is 13.6. The van der Waals surface area contributed by atoms with Crippen LogP contribution in [0.4, 0.5) is 27.5 Å². The van der Waals surface area contributed by atoms with Crippen LogP contribution >= 0.6 is 0 Å². The zero-order valence-electron chi connectivity index (χ0n) is 17.2. The van der Waals surface area contributed by atoms with Crippen LogP contribution in [0.1, 0.15) is 43.6 Å². The molecule has 0 spiro atoms. The number of aryl methyl sites for hydroxylation is 1. The van der Waals surface area contributed by atoms with Crippen molar-refractivity contribution < 1.29 is 19.2 Å². The zero-order chi connectivity index (χ0) is 21.8. The van der Waals surface area contributed by atoms with E-state index in [1.165, 1.54) is 23.1 Å². The van der Waals surface area contributed by atoms with Gasteiger partial charge < -0.3 is 10.1 Å². The van der Waals surface area contributed by atoms with Crippen LogP contribution in [0.5, 0.6) is 0 Å². The van der Waals surface area contributed by atoms with Gasteiger partial charge in [0.1, 0.15) is 17.6 Å². The van der Waals surface area contributed by atoms with E-state index in [-0.39, 0.29) is 16.9 Å². The molecule has 0 heterocycles. The minimum Gasteiger partial charge on any atom is -0.443 e. The first kappa shape index (κ1) is 21.9. The smallest absolute Gasteiger partial charge is 0.414 e. The normalized spacial score (nSPS) is 10.9. The molecule has 0 aliphatic heterocycles. The van der Waals surface area contributed by atoms with E-state index >= 15 is 0 Å². The Hall–Kier alpha value is -3.42. The van der Waals surface area contributed by atoms with Crippen LogP contribution in [-0.2, 0) is 11.2 Å². The number of hydrogen-bond donors (Lipinski definition) is 1. The first-order valence-corrected chi connectivity index (χ1v) is 9.16. The van der Waals surface area contributed by atoms with E-state index in [4.69, 9.17) is 4.74 Å². The maximum Gasteiger partial charge on any atom is 0.414 e. The Morgan fingerprint density at radius 1 is 1.24 bits per heavy atom. The van der Waals surface area contributed by atoms with Crippen molar-refractivity contribution in [2.75, 3.05) is 17.3 Å². The van der Waals surface area contributed by atoms with Gasteiger partial charge >= 0.3 is 6.09 Å². The number of rotatable bonds is 6. The number of ether oxygens (including phenoxy) is 1. The van der Waals surface area contributed by atoms with E-state index in [1.807, 2.05) is 13.0 Å². The quantitative estimate of drug-likeness (QED) is 0.413. The molecule has 154 valence electrons. The molecule has 8 nitrogen and oxygen atoms in total. The van der Waals surface area contributed by atoms with Gasteiger partial charge in [-0.2, -0.15) is 0 Å². The Morgan fingerprint density at radius 2 is 1.93 bits per heavy atom. The van der Waals surface area contributed by atoms with Crippen molar-refractivity contribution in [1.82, 2.24) is 0 Å². The summed E-state index contributed by atoms with van der Waals surface area (Å²) in [5.74, 6) is 0. The fourth-order valence-electron chi connectivity index (χ4n) is 2.72. The van der Waals surface area contributed by atoms with Crippen molar-refractivity contribution in [2.24, 2.45) is 0 Å². The number of benzene rings is 2. The highest BCUT2D eigenvalue weighted by molar-refractivity contribution is 5.89. The van der Waals surface area contributed by atoms with Crippen molar-refractivity contribution in [2.45, 2.75) is 39.7 Å². The van der Waals surface area contributed by atoms with E-state index in [0.717, 1.165) is 5.56 Å². The topological polar surface area (TPSA) is 102 Å². The van der Waals surface area contributed by atoms with Gasteiger partial charge in [-0.3, -0.25) is 19.8 Å². The van der Waals surface area contributed by atoms with E-state index in [2.05, 4.69) is 5.32 Å². The second-order valence-corrected chi connectivity index (χ2v) is 7.51. The van der Waals surface area contributed by atoms with Crippen molar-refractivity contribution in [3.8, 4) is 0 Å². The highest BCUT2D eigenvalue weighted by Crippen LogP contribution is 2.32. The number of nitro benzene ring substituents is 1. The molecule has 0 aromatic heterocycles. The molecule has 0 bridgehead atoms. The molecule has 0 aliphatic rings. The van der Waals surface area contributed by atoms with Crippen molar-refractivity contribution >= 4 is 35.1 Å². The largest absolute Gasteiger partial charge is 0.443 e. The molecule has 29 heavy (non-hydrogen) atoms. The van der Waals surface area contributed by atoms with Crippen LogP contribution in [0.15, 0.2) is 36.4 Å². The van der Waals surface area contributed by atoms with Crippen molar-refractivity contribution in [3.05, 3.63) is 57.6 Å². The number of nitro groups is 1. The third-order valence-electron chi connectivity index (χ3n) is 4.13. The van der Waals surface area contributed by atoms with Crippen LogP contribution < -0.4 is 10.2 Å². The maximum atomic E-state index is 12.5. The van der Waals surface area contributed by atoms with Gasteiger partial charge in [0.05, 0.1) is 10.6 Å². The molecule has 2 aromatic rings. The molecule has 0 unspecified atom stereocenters. The van der Waals surface area contributed by atoms with Crippen LogP contribution in [0.3, 0.4) is 0 Å². The molecule has 2 aromatic carbocycles. The highest BCUT2D eigenvalue weighted by atomic mass is 16.6. The van der Waals surface area contributed by atoms with E-state index < -0.39 is 16.6 Å². The minimum absolute atomic E-state index is 0.212. The molecular formula is C21H25N3O5. The number of anilines is 3. The zero-order valence-corrected chi connectivity index (χ0v) is 17.2. The molecule has 0 radical (unpaired) electrons. The Bertz CT molecular complexity index is 934. The van der Waals surface area contributed by atoms with Gasteiger partial charge in [0.25, 0.3) is 5.69 Å². The summed E-state index contributed by atoms with van der Waals surface area (Å²) >= 11 is 0. The lowest BCUT2D eigenvalue weighted by atomic mass is 10.1. The van der Waals surface area contributed by atoms with E-state index in [0.29, 0.717) is 24.1 Å². The number of nitrogens with zero attached hydrogens (tertiary/aromatic N) is 2. The van der Waals surface area contributed by atoms with Crippen LogP contribution in [-0.4, -0.2) is 30.0 Å². The Kier molecular flexibility index (Phi) is 6.58. The minimum atomic E-state index is -0.630. The van der Waals surface area contributed by atoms with Crippen molar-refractivity contribution in [1.29, 1.82) is 0 Å². The standard InChI is InChI=1S/C21H25N3O5/c1-6-15-8-9-16(12-18(15)23(5)20(26)29-21(2,3)4)22-17-10-7-14(13-25)11-19(17)24(27)28/h7-13,22H,6H2,1-5H3. The molecule has 0 saturated carbocycles. The summed E-state index contributed by atoms with van der Waals surface area (Å²) in [7, 11) is 1.62. The molecule has 0 aliphatic carbocycles. The summed E-state index contributed by atoms with van der Waals surface area (Å²) in [6.07, 6.45) is 0.753. The third-order valence-corrected chi connectivity index (χ3v) is 4.13. The Labute approximate surface area is 169 Å². The Morgan fingerprint density at radius 3 is 2.48 bits per heavy atom. The van der Waals surface area contributed by atoms with Crippen LogP contribution in [0, 0.1) is 10.1 Å². The summed E-state index contributed by atoms with van der Waals surface area (Å²) in [4.78, 5) is 35.6. The number of amides is 1. The lowest BCUT2D eigenvalue weighted by Gasteiger charge is -2.26. The molecule has 2 rings (SSSR count). The van der Waals surface area contributed by atoms with E-state index in [1.54, 1.807) is 40.0 Å². The number of hydrogen-bond acceptors (Lipinski definition) is 6. The Balaban J connectivity index is 2.39. The fraction of sp³-hybridized carbons (Fsp3) is 0.333. The molecule has 1 N–H and O–H groups in total. The second kappa shape index (κ2) is 8.72. The molecule has 1 amide bonds. The molecule has 8 heteroatoms. The number of carbonyl (C=O) groups excluding carboxylic acids is 2. The molecular weight excluding hydrogens is 374 g/mol. The summed E-state index contributed by atoms with van der Waals surface area (Å²) in [6.45, 7) is 7.34. The van der Waals surface area contributed by atoms with Gasteiger partial charge in [-0.25, -0.2) is 4.79 Å². The van der Waals surface area contributed by atoms with Gasteiger partial charge in [-0.1, -0.05) is 13.0 Å². The summed E-state index contributed by atoms with van der Waals surface area (Å²) in [5, 5.41) is 14.4. The summed E-state index contributed by atoms with van der Waals surface area (Å²) in [6, 6.07) is 9.56.